The molecule has 0 aliphatic carbocycles. The Morgan fingerprint density at radius 2 is 1.90 bits per heavy atom. The highest BCUT2D eigenvalue weighted by atomic mass is 31.0. The predicted octanol–water partition coefficient (Wildman–Crippen LogP) is 3.12. The Labute approximate surface area is 127 Å². The molecule has 1 N–H and O–H groups in total. The molecule has 0 radical (unpaired) electrons. The van der Waals surface area contributed by atoms with Crippen molar-refractivity contribution >= 4 is 25.9 Å². The number of Topliss-reactive ketones (excluding diaryl/α,β-unsaturated/α-hetero) is 1. The summed E-state index contributed by atoms with van der Waals surface area (Å²) in [5.41, 5.74) is 0.732. The number of carbonyl (C=O) groups is 1. The molecular weight excluding hydrogens is 281 g/mol. The van der Waals surface area contributed by atoms with Crippen molar-refractivity contribution in [1.82, 2.24) is 4.67 Å². The molecule has 1 aliphatic heterocycles. The van der Waals surface area contributed by atoms with Crippen LogP contribution in [0, 0.1) is 0 Å². The number of hydrogen-bond acceptors (Lipinski definition) is 3. The van der Waals surface area contributed by atoms with Crippen LogP contribution < -0.4 is 0 Å². The number of piperidine rings is 1. The first kappa shape index (κ1) is 14.6. The molecule has 2 aromatic rings. The molecule has 1 saturated heterocycles. The molecule has 3 nitrogen and oxygen atoms in total. The van der Waals surface area contributed by atoms with Gasteiger partial charge in [-0.3, -0.25) is 9.46 Å². The van der Waals surface area contributed by atoms with E-state index in [4.69, 9.17) is 0 Å². The number of fused-ring (bicyclic) bond motifs is 1. The van der Waals surface area contributed by atoms with Gasteiger partial charge in [0.25, 0.3) is 0 Å². The number of carbonyl (C=O) groups excluding carboxylic acids is 1. The number of ketones is 1. The van der Waals surface area contributed by atoms with Crippen LogP contribution in [0.2, 0.25) is 0 Å². The summed E-state index contributed by atoms with van der Waals surface area (Å²) in [6.45, 7) is 3.26. The minimum absolute atomic E-state index is 0.0418. The normalized spacial score (nSPS) is 18.8. The zero-order chi connectivity index (χ0) is 15.0. The van der Waals surface area contributed by atoms with Crippen LogP contribution >= 0.6 is 9.39 Å². The van der Waals surface area contributed by atoms with Gasteiger partial charge in [0.2, 0.25) is 0 Å². The molecule has 0 bridgehead atoms. The zero-order valence-electron chi connectivity index (χ0n) is 12.2. The molecule has 0 aromatic heterocycles. The Hall–Kier alpha value is -1.28. The highest BCUT2D eigenvalue weighted by Gasteiger charge is 2.33. The van der Waals surface area contributed by atoms with Crippen LogP contribution in [-0.4, -0.2) is 28.6 Å². The van der Waals surface area contributed by atoms with E-state index >= 15 is 0 Å². The monoisotopic (exact) mass is 301 g/mol. The standard InChI is InChI=1S/C17H20NO2P/c1-12(19)16-11-14(10-13-4-2-3-5-15(13)16)17(20)6-8-18(21)9-7-17/h2-5,10-11,20H,6-9,21H2,1H3. The van der Waals surface area contributed by atoms with Gasteiger partial charge in [-0.2, -0.15) is 0 Å². The van der Waals surface area contributed by atoms with Gasteiger partial charge in [0.15, 0.2) is 5.78 Å². The Morgan fingerprint density at radius 3 is 2.57 bits per heavy atom. The van der Waals surface area contributed by atoms with E-state index < -0.39 is 5.60 Å². The molecule has 1 heterocycles. The quantitative estimate of drug-likeness (QED) is 0.684. The lowest BCUT2D eigenvalue weighted by Gasteiger charge is -2.37. The molecule has 2 aromatic carbocycles. The van der Waals surface area contributed by atoms with Crippen LogP contribution in [0.4, 0.5) is 0 Å². The maximum absolute atomic E-state index is 12.0. The Morgan fingerprint density at radius 1 is 1.24 bits per heavy atom. The van der Waals surface area contributed by atoms with Crippen LogP contribution in [0.5, 0.6) is 0 Å². The minimum Gasteiger partial charge on any atom is -0.385 e. The smallest absolute Gasteiger partial charge is 0.160 e. The van der Waals surface area contributed by atoms with Gasteiger partial charge in [-0.25, -0.2) is 0 Å². The third-order valence-corrected chi connectivity index (χ3v) is 4.92. The molecule has 0 amide bonds. The first-order chi connectivity index (χ1) is 9.99. The summed E-state index contributed by atoms with van der Waals surface area (Å²) in [7, 11) is 2.69. The lowest BCUT2D eigenvalue weighted by molar-refractivity contribution is -0.00816. The van der Waals surface area contributed by atoms with Crippen molar-refractivity contribution < 1.29 is 9.90 Å². The van der Waals surface area contributed by atoms with Gasteiger partial charge in [-0.05, 0) is 48.2 Å². The molecular formula is C17H20NO2P. The summed E-state index contributed by atoms with van der Waals surface area (Å²) >= 11 is 0. The van der Waals surface area contributed by atoms with Crippen molar-refractivity contribution in [3.63, 3.8) is 0 Å². The molecule has 1 unspecified atom stereocenters. The van der Waals surface area contributed by atoms with Crippen molar-refractivity contribution in [2.75, 3.05) is 13.1 Å². The average molecular weight is 301 g/mol. The largest absolute Gasteiger partial charge is 0.385 e. The lowest BCUT2D eigenvalue weighted by atomic mass is 9.82. The highest BCUT2D eigenvalue weighted by molar-refractivity contribution is 7.13. The number of hydrogen-bond donors (Lipinski definition) is 1. The maximum Gasteiger partial charge on any atom is 0.160 e. The molecule has 1 atom stereocenters. The number of rotatable bonds is 2. The molecule has 4 heteroatoms. The van der Waals surface area contributed by atoms with E-state index in [0.29, 0.717) is 18.4 Å². The van der Waals surface area contributed by atoms with Gasteiger partial charge in [0, 0.05) is 18.7 Å². The van der Waals surface area contributed by atoms with Crippen LogP contribution in [0.15, 0.2) is 36.4 Å². The van der Waals surface area contributed by atoms with Gasteiger partial charge in [0.05, 0.1) is 5.60 Å². The van der Waals surface area contributed by atoms with Crippen molar-refractivity contribution in [1.29, 1.82) is 0 Å². The minimum atomic E-state index is -0.832. The van der Waals surface area contributed by atoms with Gasteiger partial charge in [-0.15, -0.1) is 0 Å². The Bertz CT molecular complexity index is 690. The van der Waals surface area contributed by atoms with Crippen molar-refractivity contribution in [2.24, 2.45) is 0 Å². The van der Waals surface area contributed by atoms with E-state index in [9.17, 15) is 9.90 Å². The second-order valence-corrected chi connectivity index (χ2v) is 6.60. The van der Waals surface area contributed by atoms with Crippen molar-refractivity contribution in [3.05, 3.63) is 47.5 Å². The topological polar surface area (TPSA) is 40.5 Å². The summed E-state index contributed by atoms with van der Waals surface area (Å²) in [6.07, 6.45) is 1.37. The van der Waals surface area contributed by atoms with Gasteiger partial charge < -0.3 is 5.11 Å². The van der Waals surface area contributed by atoms with Crippen LogP contribution in [-0.2, 0) is 5.60 Å². The van der Waals surface area contributed by atoms with E-state index in [1.54, 1.807) is 6.92 Å². The van der Waals surface area contributed by atoms with E-state index in [2.05, 4.69) is 14.1 Å². The summed E-state index contributed by atoms with van der Waals surface area (Å²) in [5, 5.41) is 13.0. The molecule has 0 saturated carbocycles. The fourth-order valence-electron chi connectivity index (χ4n) is 3.05. The van der Waals surface area contributed by atoms with Crippen molar-refractivity contribution in [3.8, 4) is 0 Å². The Kier molecular flexibility index (Phi) is 3.83. The summed E-state index contributed by atoms with van der Waals surface area (Å²) in [4.78, 5) is 12.0. The zero-order valence-corrected chi connectivity index (χ0v) is 13.3. The lowest BCUT2D eigenvalue weighted by Crippen LogP contribution is -2.38. The maximum atomic E-state index is 12.0. The fraction of sp³-hybridized carbons (Fsp3) is 0.353. The molecule has 0 spiro atoms. The number of nitrogens with zero attached hydrogens (tertiary/aromatic N) is 1. The van der Waals surface area contributed by atoms with E-state index in [1.807, 2.05) is 36.4 Å². The first-order valence-electron chi connectivity index (χ1n) is 7.26. The van der Waals surface area contributed by atoms with Crippen LogP contribution in [0.1, 0.15) is 35.7 Å². The summed E-state index contributed by atoms with van der Waals surface area (Å²) in [6, 6.07) is 11.8. The Balaban J connectivity index is 2.13. The van der Waals surface area contributed by atoms with Gasteiger partial charge in [-0.1, -0.05) is 33.7 Å². The van der Waals surface area contributed by atoms with E-state index in [0.717, 1.165) is 29.4 Å². The van der Waals surface area contributed by atoms with E-state index in [-0.39, 0.29) is 5.78 Å². The summed E-state index contributed by atoms with van der Waals surface area (Å²) in [5.74, 6) is 0.0418. The van der Waals surface area contributed by atoms with Crippen molar-refractivity contribution in [2.45, 2.75) is 25.4 Å². The second-order valence-electron chi connectivity index (χ2n) is 5.87. The molecule has 21 heavy (non-hydrogen) atoms. The van der Waals surface area contributed by atoms with Crippen LogP contribution in [0.3, 0.4) is 0 Å². The fourth-order valence-corrected chi connectivity index (χ4v) is 3.31. The molecule has 110 valence electrons. The van der Waals surface area contributed by atoms with Gasteiger partial charge in [0.1, 0.15) is 0 Å². The van der Waals surface area contributed by atoms with Crippen LogP contribution in [0.25, 0.3) is 10.8 Å². The first-order valence-corrected chi connectivity index (χ1v) is 7.77. The second kappa shape index (κ2) is 5.49. The van der Waals surface area contributed by atoms with Gasteiger partial charge >= 0.3 is 0 Å². The number of aliphatic hydroxyl groups is 1. The molecule has 3 rings (SSSR count). The third kappa shape index (κ3) is 2.74. The van der Waals surface area contributed by atoms with E-state index in [1.165, 1.54) is 0 Å². The molecule has 1 aliphatic rings. The average Bonchev–Trinajstić information content (AvgIpc) is 2.49. The molecule has 1 fully saturated rings. The highest BCUT2D eigenvalue weighted by Crippen LogP contribution is 2.36. The predicted molar refractivity (Wildman–Crippen MR) is 88.4 cm³/mol. The number of benzene rings is 2. The SMILES string of the molecule is CC(=O)c1cc(C2(O)CCN(P)CC2)cc2ccccc12. The third-order valence-electron chi connectivity index (χ3n) is 4.40. The summed E-state index contributed by atoms with van der Waals surface area (Å²) < 4.78 is 2.14.